The van der Waals surface area contributed by atoms with Crippen molar-refractivity contribution in [3.05, 3.63) is 77.5 Å². The lowest BCUT2D eigenvalue weighted by Gasteiger charge is -2.27. The van der Waals surface area contributed by atoms with Crippen LogP contribution in [0.3, 0.4) is 0 Å². The normalized spacial score (nSPS) is 18.8. The highest BCUT2D eigenvalue weighted by molar-refractivity contribution is 5.93. The van der Waals surface area contributed by atoms with E-state index in [4.69, 9.17) is 4.74 Å². The predicted octanol–water partition coefficient (Wildman–Crippen LogP) is 4.29. The Labute approximate surface area is 172 Å². The Morgan fingerprint density at radius 3 is 2.48 bits per heavy atom. The zero-order chi connectivity index (χ0) is 19.5. The van der Waals surface area contributed by atoms with Crippen molar-refractivity contribution in [2.24, 2.45) is 0 Å². The van der Waals surface area contributed by atoms with Crippen LogP contribution in [-0.2, 0) is 17.8 Å². The van der Waals surface area contributed by atoms with E-state index in [2.05, 4.69) is 75.6 Å². The molecular weight excluding hydrogens is 358 g/mol. The Morgan fingerprint density at radius 1 is 0.862 bits per heavy atom. The summed E-state index contributed by atoms with van der Waals surface area (Å²) in [5.74, 6) is 0. The van der Waals surface area contributed by atoms with Crippen molar-refractivity contribution in [2.45, 2.75) is 19.5 Å². The van der Waals surface area contributed by atoms with Gasteiger partial charge < -0.3 is 9.72 Å². The first-order valence-electron chi connectivity index (χ1n) is 10.7. The third-order valence-electron chi connectivity index (χ3n) is 6.14. The van der Waals surface area contributed by atoms with E-state index in [-0.39, 0.29) is 0 Å². The molecule has 0 bridgehead atoms. The molecule has 2 aromatic carbocycles. The number of aromatic nitrogens is 1. The summed E-state index contributed by atoms with van der Waals surface area (Å²) in [6.07, 6.45) is 5.72. The van der Waals surface area contributed by atoms with E-state index in [1.54, 1.807) is 0 Å². The van der Waals surface area contributed by atoms with Gasteiger partial charge in [-0.15, -0.1) is 0 Å². The molecule has 150 valence electrons. The minimum atomic E-state index is 0.851. The lowest BCUT2D eigenvalue weighted by Crippen LogP contribution is -2.35. The summed E-state index contributed by atoms with van der Waals surface area (Å²) in [7, 11) is 0. The summed E-state index contributed by atoms with van der Waals surface area (Å²) in [5.41, 5.74) is 6.87. The number of nitrogens with one attached hydrogen (secondary N) is 1. The monoisotopic (exact) mass is 387 g/mol. The van der Waals surface area contributed by atoms with Gasteiger partial charge in [0.05, 0.1) is 13.2 Å². The maximum absolute atomic E-state index is 5.48. The number of benzene rings is 2. The van der Waals surface area contributed by atoms with Crippen molar-refractivity contribution in [3.63, 3.8) is 0 Å². The van der Waals surface area contributed by atoms with Crippen molar-refractivity contribution in [1.29, 1.82) is 0 Å². The van der Waals surface area contributed by atoms with E-state index >= 15 is 0 Å². The molecule has 4 heteroatoms. The van der Waals surface area contributed by atoms with Crippen LogP contribution >= 0.6 is 0 Å². The molecule has 0 radical (unpaired) electrons. The van der Waals surface area contributed by atoms with E-state index in [9.17, 15) is 0 Å². The van der Waals surface area contributed by atoms with E-state index in [0.29, 0.717) is 0 Å². The number of rotatable bonds is 5. The quantitative estimate of drug-likeness (QED) is 0.709. The largest absolute Gasteiger partial charge is 0.379 e. The third-order valence-corrected chi connectivity index (χ3v) is 6.14. The molecule has 2 aliphatic heterocycles. The molecule has 0 aliphatic carbocycles. The first kappa shape index (κ1) is 18.6. The summed E-state index contributed by atoms with van der Waals surface area (Å²) in [6.45, 7) is 7.93. The summed E-state index contributed by atoms with van der Waals surface area (Å²) in [6, 6.07) is 17.6. The van der Waals surface area contributed by atoms with Gasteiger partial charge in [-0.3, -0.25) is 9.80 Å². The van der Waals surface area contributed by atoms with Gasteiger partial charge in [-0.05, 0) is 35.3 Å². The topological polar surface area (TPSA) is 31.5 Å². The molecule has 4 nitrogen and oxygen atoms in total. The van der Waals surface area contributed by atoms with Crippen molar-refractivity contribution < 1.29 is 4.74 Å². The molecule has 1 fully saturated rings. The number of hydrogen-bond acceptors (Lipinski definition) is 3. The van der Waals surface area contributed by atoms with Crippen LogP contribution in [0.2, 0.25) is 0 Å². The summed E-state index contributed by atoms with van der Waals surface area (Å²) in [5, 5.41) is 1.36. The molecule has 0 atom stereocenters. The fourth-order valence-corrected chi connectivity index (χ4v) is 4.49. The van der Waals surface area contributed by atoms with Crippen LogP contribution < -0.4 is 0 Å². The van der Waals surface area contributed by atoms with Gasteiger partial charge in [0.15, 0.2) is 0 Å². The first-order valence-corrected chi connectivity index (χ1v) is 10.7. The molecule has 0 saturated carbocycles. The zero-order valence-electron chi connectivity index (χ0n) is 16.9. The smallest absolute Gasteiger partial charge is 0.0594 e. The minimum absolute atomic E-state index is 0.851. The van der Waals surface area contributed by atoms with Crippen LogP contribution in [0, 0.1) is 0 Å². The molecule has 0 spiro atoms. The van der Waals surface area contributed by atoms with Crippen LogP contribution in [0.5, 0.6) is 0 Å². The predicted molar refractivity (Wildman–Crippen MR) is 119 cm³/mol. The average Bonchev–Trinajstić information content (AvgIpc) is 3.19. The second-order valence-corrected chi connectivity index (χ2v) is 8.17. The van der Waals surface area contributed by atoms with Gasteiger partial charge in [0, 0.05) is 61.9 Å². The Balaban J connectivity index is 1.31. The molecule has 1 N–H and O–H groups in total. The van der Waals surface area contributed by atoms with Gasteiger partial charge in [0.2, 0.25) is 0 Å². The number of H-pyrrole nitrogens is 1. The van der Waals surface area contributed by atoms with E-state index in [1.165, 1.54) is 33.2 Å². The van der Waals surface area contributed by atoms with Crippen molar-refractivity contribution in [3.8, 4) is 0 Å². The molecule has 1 saturated heterocycles. The van der Waals surface area contributed by atoms with Gasteiger partial charge in [-0.25, -0.2) is 0 Å². The van der Waals surface area contributed by atoms with Crippen LogP contribution in [0.15, 0.2) is 60.8 Å². The zero-order valence-corrected chi connectivity index (χ0v) is 16.9. The van der Waals surface area contributed by atoms with Crippen LogP contribution in [0.25, 0.3) is 16.5 Å². The number of ether oxygens (including phenoxy) is 1. The number of fused-ring (bicyclic) bond motifs is 1. The molecule has 5 rings (SSSR count). The maximum Gasteiger partial charge on any atom is 0.0594 e. The van der Waals surface area contributed by atoms with Crippen molar-refractivity contribution in [1.82, 2.24) is 14.8 Å². The summed E-state index contributed by atoms with van der Waals surface area (Å²) < 4.78 is 5.48. The second kappa shape index (κ2) is 8.54. The van der Waals surface area contributed by atoms with Crippen molar-refractivity contribution in [2.75, 3.05) is 39.4 Å². The number of aromatic amines is 1. The molecule has 3 heterocycles. The second-order valence-electron chi connectivity index (χ2n) is 8.17. The molecule has 0 unspecified atom stereocenters. The molecule has 3 aromatic rings. The maximum atomic E-state index is 5.48. The molecule has 29 heavy (non-hydrogen) atoms. The van der Waals surface area contributed by atoms with Crippen LogP contribution in [-0.4, -0.2) is 54.2 Å². The Bertz CT molecular complexity index is 986. The summed E-state index contributed by atoms with van der Waals surface area (Å²) in [4.78, 5) is 8.49. The molecule has 2 aliphatic rings. The lowest BCUT2D eigenvalue weighted by atomic mass is 9.97. The fraction of sp³-hybridized carbons (Fsp3) is 0.360. The number of morpholine rings is 1. The van der Waals surface area contributed by atoms with E-state index in [0.717, 1.165) is 58.9 Å². The Hall–Kier alpha value is -2.40. The SMILES string of the molecule is C1=C(c2c[nH]c3ccc(CN4CCOCC4)cc23)CCN(Cc2ccccc2)C1. The number of hydrogen-bond donors (Lipinski definition) is 1. The Kier molecular flexibility index (Phi) is 5.48. The highest BCUT2D eigenvalue weighted by atomic mass is 16.5. The van der Waals surface area contributed by atoms with E-state index in [1.807, 2.05) is 0 Å². The number of nitrogens with zero attached hydrogens (tertiary/aromatic N) is 2. The molecule has 1 aromatic heterocycles. The van der Waals surface area contributed by atoms with Crippen molar-refractivity contribution >= 4 is 16.5 Å². The summed E-state index contributed by atoms with van der Waals surface area (Å²) >= 11 is 0. The average molecular weight is 388 g/mol. The van der Waals surface area contributed by atoms with Crippen LogP contribution in [0.1, 0.15) is 23.1 Å². The van der Waals surface area contributed by atoms with Gasteiger partial charge in [0.1, 0.15) is 0 Å². The first-order chi connectivity index (χ1) is 14.3. The Morgan fingerprint density at radius 2 is 1.69 bits per heavy atom. The fourth-order valence-electron chi connectivity index (χ4n) is 4.49. The van der Waals surface area contributed by atoms with Gasteiger partial charge >= 0.3 is 0 Å². The minimum Gasteiger partial charge on any atom is -0.379 e. The van der Waals surface area contributed by atoms with Gasteiger partial charge in [0.25, 0.3) is 0 Å². The van der Waals surface area contributed by atoms with Gasteiger partial charge in [-0.1, -0.05) is 42.5 Å². The molecule has 0 amide bonds. The van der Waals surface area contributed by atoms with Crippen LogP contribution in [0.4, 0.5) is 0 Å². The highest BCUT2D eigenvalue weighted by Crippen LogP contribution is 2.30. The highest BCUT2D eigenvalue weighted by Gasteiger charge is 2.17. The lowest BCUT2D eigenvalue weighted by molar-refractivity contribution is 0.0342. The standard InChI is InChI=1S/C25H29N3O/c1-2-4-20(5-3-1)18-27-10-8-22(9-11-27)24-17-26-25-7-6-21(16-23(24)25)19-28-12-14-29-15-13-28/h1-8,16-17,26H,9-15,18-19H2. The van der Waals surface area contributed by atoms with E-state index < -0.39 is 0 Å². The molecular formula is C25H29N3O. The third kappa shape index (κ3) is 4.30. The van der Waals surface area contributed by atoms with Gasteiger partial charge in [-0.2, -0.15) is 0 Å².